The summed E-state index contributed by atoms with van der Waals surface area (Å²) in [6.45, 7) is 6.03. The average Bonchev–Trinajstić information content (AvgIpc) is 2.58. The molecule has 80 valence electrons. The topological polar surface area (TPSA) is 54.8 Å². The summed E-state index contributed by atoms with van der Waals surface area (Å²) in [4.78, 5) is 0. The van der Waals surface area contributed by atoms with Crippen molar-refractivity contribution >= 4 is 0 Å². The summed E-state index contributed by atoms with van der Waals surface area (Å²) in [7, 11) is 1.87. The van der Waals surface area contributed by atoms with Crippen LogP contribution in [0.1, 0.15) is 19.0 Å². The summed E-state index contributed by atoms with van der Waals surface area (Å²) in [5.41, 5.74) is 0.989. The van der Waals surface area contributed by atoms with E-state index in [1.807, 2.05) is 13.2 Å². The first kappa shape index (κ1) is 11.1. The first-order valence-corrected chi connectivity index (χ1v) is 5.09. The van der Waals surface area contributed by atoms with E-state index < -0.39 is 0 Å². The van der Waals surface area contributed by atoms with E-state index in [4.69, 9.17) is 0 Å². The Bertz CT molecular complexity index is 245. The first-order chi connectivity index (χ1) is 6.83. The van der Waals surface area contributed by atoms with Crippen molar-refractivity contribution in [2.75, 3.05) is 19.6 Å². The van der Waals surface area contributed by atoms with E-state index in [9.17, 15) is 0 Å². The molecule has 1 aromatic heterocycles. The summed E-state index contributed by atoms with van der Waals surface area (Å²) in [6.07, 6.45) is 3.11. The molecule has 0 saturated heterocycles. The zero-order valence-electron chi connectivity index (χ0n) is 8.95. The van der Waals surface area contributed by atoms with Crippen molar-refractivity contribution in [3.8, 4) is 0 Å². The van der Waals surface area contributed by atoms with Gasteiger partial charge in [0.1, 0.15) is 0 Å². The molecular weight excluding hydrogens is 178 g/mol. The van der Waals surface area contributed by atoms with Crippen molar-refractivity contribution in [3.05, 3.63) is 11.9 Å². The van der Waals surface area contributed by atoms with Crippen LogP contribution in [0.25, 0.3) is 0 Å². The molecule has 0 radical (unpaired) electrons. The number of nitrogens with one attached hydrogen (secondary N) is 2. The number of nitrogens with zero attached hydrogens (tertiary/aromatic N) is 3. The number of hydrogen-bond donors (Lipinski definition) is 2. The van der Waals surface area contributed by atoms with E-state index in [-0.39, 0.29) is 0 Å². The second-order valence-corrected chi connectivity index (χ2v) is 3.31. The molecule has 0 saturated carbocycles. The predicted octanol–water partition coefficient (Wildman–Crippen LogP) is -0.0957. The number of aryl methyl sites for hydroxylation is 1. The Balaban J connectivity index is 1.99. The fraction of sp³-hybridized carbons (Fsp3) is 0.778. The molecule has 0 aliphatic rings. The van der Waals surface area contributed by atoms with E-state index >= 15 is 0 Å². The maximum absolute atomic E-state index is 3.98. The van der Waals surface area contributed by atoms with Crippen LogP contribution in [0, 0.1) is 0 Å². The van der Waals surface area contributed by atoms with Crippen molar-refractivity contribution in [2.24, 2.45) is 7.05 Å². The standard InChI is InChI=1S/C9H19N5/c1-3-4-10-5-6-11-7-9-8-14(2)13-12-9/h8,10-11H,3-7H2,1-2H3. The maximum atomic E-state index is 3.98. The summed E-state index contributed by atoms with van der Waals surface area (Å²) < 4.78 is 1.71. The second-order valence-electron chi connectivity index (χ2n) is 3.31. The van der Waals surface area contributed by atoms with Crippen LogP contribution in [0.5, 0.6) is 0 Å². The van der Waals surface area contributed by atoms with Crippen LogP contribution in [0.3, 0.4) is 0 Å². The van der Waals surface area contributed by atoms with E-state index in [1.54, 1.807) is 4.68 Å². The minimum atomic E-state index is 0.793. The molecular formula is C9H19N5. The highest BCUT2D eigenvalue weighted by atomic mass is 15.4. The van der Waals surface area contributed by atoms with Gasteiger partial charge in [0.15, 0.2) is 0 Å². The molecule has 0 aliphatic heterocycles. The van der Waals surface area contributed by atoms with Gasteiger partial charge in [-0.25, -0.2) is 0 Å². The third kappa shape index (κ3) is 4.34. The predicted molar refractivity (Wildman–Crippen MR) is 55.9 cm³/mol. The highest BCUT2D eigenvalue weighted by Gasteiger charge is 1.95. The van der Waals surface area contributed by atoms with Gasteiger partial charge in [-0.2, -0.15) is 0 Å². The smallest absolute Gasteiger partial charge is 0.0964 e. The number of rotatable bonds is 7. The Morgan fingerprint density at radius 1 is 1.29 bits per heavy atom. The number of hydrogen-bond acceptors (Lipinski definition) is 4. The lowest BCUT2D eigenvalue weighted by Crippen LogP contribution is -2.27. The Kier molecular flexibility index (Phi) is 5.17. The highest BCUT2D eigenvalue weighted by Crippen LogP contribution is 1.88. The molecule has 1 heterocycles. The molecule has 0 spiro atoms. The van der Waals surface area contributed by atoms with Gasteiger partial charge in [-0.3, -0.25) is 4.68 Å². The first-order valence-electron chi connectivity index (χ1n) is 5.09. The average molecular weight is 197 g/mol. The van der Waals surface area contributed by atoms with E-state index in [0.29, 0.717) is 0 Å². The lowest BCUT2D eigenvalue weighted by atomic mass is 10.4. The van der Waals surface area contributed by atoms with Gasteiger partial charge in [0.25, 0.3) is 0 Å². The Morgan fingerprint density at radius 2 is 2.07 bits per heavy atom. The summed E-state index contributed by atoms with van der Waals surface area (Å²) in [6, 6.07) is 0. The van der Waals surface area contributed by atoms with Crippen molar-refractivity contribution < 1.29 is 0 Å². The zero-order chi connectivity index (χ0) is 10.2. The Morgan fingerprint density at radius 3 is 2.71 bits per heavy atom. The molecule has 0 atom stereocenters. The van der Waals surface area contributed by atoms with Gasteiger partial charge in [0.05, 0.1) is 5.69 Å². The van der Waals surface area contributed by atoms with E-state index in [1.165, 1.54) is 6.42 Å². The van der Waals surface area contributed by atoms with Crippen molar-refractivity contribution in [1.29, 1.82) is 0 Å². The molecule has 5 nitrogen and oxygen atoms in total. The van der Waals surface area contributed by atoms with Crippen LogP contribution in [0.15, 0.2) is 6.20 Å². The van der Waals surface area contributed by atoms with Crippen LogP contribution >= 0.6 is 0 Å². The van der Waals surface area contributed by atoms with Gasteiger partial charge in [-0.15, -0.1) is 5.10 Å². The second kappa shape index (κ2) is 6.50. The molecule has 0 aliphatic carbocycles. The molecule has 0 bridgehead atoms. The van der Waals surface area contributed by atoms with Gasteiger partial charge in [-0.05, 0) is 13.0 Å². The van der Waals surface area contributed by atoms with Crippen molar-refractivity contribution in [3.63, 3.8) is 0 Å². The quantitative estimate of drug-likeness (QED) is 0.600. The van der Waals surface area contributed by atoms with E-state index in [0.717, 1.165) is 31.9 Å². The lowest BCUT2D eigenvalue weighted by molar-refractivity contribution is 0.601. The summed E-state index contributed by atoms with van der Waals surface area (Å²) in [5.74, 6) is 0. The van der Waals surface area contributed by atoms with Gasteiger partial charge in [0.2, 0.25) is 0 Å². The molecule has 0 unspecified atom stereocenters. The largest absolute Gasteiger partial charge is 0.315 e. The third-order valence-electron chi connectivity index (χ3n) is 1.86. The molecule has 0 fully saturated rings. The van der Waals surface area contributed by atoms with Gasteiger partial charge < -0.3 is 10.6 Å². The molecule has 1 rings (SSSR count). The SMILES string of the molecule is CCCNCCNCc1cn(C)nn1. The zero-order valence-corrected chi connectivity index (χ0v) is 8.95. The Hall–Kier alpha value is -0.940. The van der Waals surface area contributed by atoms with E-state index in [2.05, 4.69) is 27.9 Å². The molecule has 5 heteroatoms. The Labute approximate surface area is 84.9 Å². The minimum Gasteiger partial charge on any atom is -0.315 e. The fourth-order valence-corrected chi connectivity index (χ4v) is 1.17. The van der Waals surface area contributed by atoms with Crippen LogP contribution in [-0.4, -0.2) is 34.6 Å². The minimum absolute atomic E-state index is 0.793. The van der Waals surface area contributed by atoms with Crippen LogP contribution in [-0.2, 0) is 13.6 Å². The van der Waals surface area contributed by atoms with Gasteiger partial charge >= 0.3 is 0 Å². The van der Waals surface area contributed by atoms with Crippen molar-refractivity contribution in [2.45, 2.75) is 19.9 Å². The van der Waals surface area contributed by atoms with Crippen LogP contribution in [0.2, 0.25) is 0 Å². The van der Waals surface area contributed by atoms with Crippen molar-refractivity contribution in [1.82, 2.24) is 25.6 Å². The lowest BCUT2D eigenvalue weighted by Gasteiger charge is -2.03. The van der Waals surface area contributed by atoms with Crippen LogP contribution in [0.4, 0.5) is 0 Å². The monoisotopic (exact) mass is 197 g/mol. The molecule has 1 aromatic rings. The molecule has 0 aromatic carbocycles. The fourth-order valence-electron chi connectivity index (χ4n) is 1.17. The highest BCUT2D eigenvalue weighted by molar-refractivity contribution is 4.90. The molecule has 14 heavy (non-hydrogen) atoms. The third-order valence-corrected chi connectivity index (χ3v) is 1.86. The molecule has 0 amide bonds. The summed E-state index contributed by atoms with van der Waals surface area (Å²) >= 11 is 0. The maximum Gasteiger partial charge on any atom is 0.0964 e. The van der Waals surface area contributed by atoms with Gasteiger partial charge in [0, 0.05) is 32.9 Å². The van der Waals surface area contributed by atoms with Crippen LogP contribution < -0.4 is 10.6 Å². The number of aromatic nitrogens is 3. The van der Waals surface area contributed by atoms with Gasteiger partial charge in [-0.1, -0.05) is 12.1 Å². The summed E-state index contributed by atoms with van der Waals surface area (Å²) in [5, 5.41) is 14.5. The molecule has 2 N–H and O–H groups in total. The normalized spacial score (nSPS) is 10.7.